The van der Waals surface area contributed by atoms with Crippen LogP contribution in [0.1, 0.15) is 29.2 Å². The number of para-hydroxylation sites is 1. The van der Waals surface area contributed by atoms with Crippen molar-refractivity contribution in [3.8, 4) is 5.13 Å². The average Bonchev–Trinajstić information content (AvgIpc) is 3.22. The number of hydrogen-bond donors (Lipinski definition) is 1. The van der Waals surface area contributed by atoms with E-state index in [4.69, 9.17) is 11.6 Å². The first-order valence-electron chi connectivity index (χ1n) is 8.71. The van der Waals surface area contributed by atoms with E-state index in [0.29, 0.717) is 21.5 Å². The fourth-order valence-corrected chi connectivity index (χ4v) is 4.91. The quantitative estimate of drug-likeness (QED) is 0.500. The van der Waals surface area contributed by atoms with E-state index in [1.807, 2.05) is 31.2 Å². The molecule has 0 aliphatic carbocycles. The lowest BCUT2D eigenvalue weighted by Crippen LogP contribution is -2.25. The average molecular weight is 413 g/mol. The first-order valence-corrected chi connectivity index (χ1v) is 9.91. The van der Waals surface area contributed by atoms with Gasteiger partial charge in [-0.15, -0.1) is 0 Å². The maximum atomic E-state index is 13.5. The van der Waals surface area contributed by atoms with E-state index in [0.717, 1.165) is 21.5 Å². The van der Waals surface area contributed by atoms with Gasteiger partial charge in [-0.05, 0) is 36.8 Å². The van der Waals surface area contributed by atoms with Crippen LogP contribution in [0.4, 0.5) is 10.2 Å². The number of fused-ring (bicyclic) bond motifs is 2. The predicted octanol–water partition coefficient (Wildman–Crippen LogP) is 5.06. The van der Waals surface area contributed by atoms with Gasteiger partial charge in [-0.25, -0.2) is 9.37 Å². The lowest BCUT2D eigenvalue weighted by atomic mass is 9.86. The van der Waals surface area contributed by atoms with Gasteiger partial charge in [0.05, 0.1) is 15.9 Å². The smallest absolute Gasteiger partial charge is 0.226 e. The number of halogens is 2. The van der Waals surface area contributed by atoms with Crippen LogP contribution in [0, 0.1) is 12.7 Å². The number of benzene rings is 2. The Morgan fingerprint density at radius 1 is 1.29 bits per heavy atom. The fraction of sp³-hybridized carbons (Fsp3) is 0.150. The number of amides is 1. The van der Waals surface area contributed by atoms with E-state index in [1.165, 1.54) is 23.5 Å². The Hall–Kier alpha value is -2.77. The number of aryl methyl sites for hydroxylation is 1. The molecule has 0 radical (unpaired) electrons. The number of carbonyl (C=O) groups excluding carboxylic acids is 1. The monoisotopic (exact) mass is 412 g/mol. The van der Waals surface area contributed by atoms with E-state index in [9.17, 15) is 9.18 Å². The summed E-state index contributed by atoms with van der Waals surface area (Å²) in [6, 6.07) is 12.1. The van der Waals surface area contributed by atoms with Gasteiger partial charge >= 0.3 is 0 Å². The largest absolute Gasteiger partial charge is 0.310 e. The van der Waals surface area contributed by atoms with Gasteiger partial charge in [0.25, 0.3) is 0 Å². The highest BCUT2D eigenvalue weighted by molar-refractivity contribution is 7.20. The zero-order valence-electron chi connectivity index (χ0n) is 14.7. The summed E-state index contributed by atoms with van der Waals surface area (Å²) in [5.74, 6) is -0.241. The van der Waals surface area contributed by atoms with Crippen molar-refractivity contribution >= 4 is 44.9 Å². The summed E-state index contributed by atoms with van der Waals surface area (Å²) >= 11 is 7.80. The van der Waals surface area contributed by atoms with Gasteiger partial charge in [-0.1, -0.05) is 41.1 Å². The van der Waals surface area contributed by atoms with Crippen molar-refractivity contribution in [2.75, 3.05) is 5.32 Å². The predicted molar refractivity (Wildman–Crippen MR) is 108 cm³/mol. The summed E-state index contributed by atoms with van der Waals surface area (Å²) in [6.07, 6.45) is 0.227. The Labute approximate surface area is 168 Å². The van der Waals surface area contributed by atoms with Crippen molar-refractivity contribution in [2.24, 2.45) is 0 Å². The molecule has 1 amide bonds. The zero-order valence-corrected chi connectivity index (χ0v) is 16.3. The summed E-state index contributed by atoms with van der Waals surface area (Å²) < 4.78 is 16.2. The molecule has 28 heavy (non-hydrogen) atoms. The Bertz CT molecular complexity index is 1220. The van der Waals surface area contributed by atoms with E-state index >= 15 is 0 Å². The van der Waals surface area contributed by atoms with Gasteiger partial charge < -0.3 is 5.32 Å². The molecule has 1 N–H and O–H groups in total. The van der Waals surface area contributed by atoms with Crippen molar-refractivity contribution in [1.29, 1.82) is 0 Å². The van der Waals surface area contributed by atoms with Gasteiger partial charge in [0.1, 0.15) is 11.6 Å². The molecule has 1 aliphatic rings. The van der Waals surface area contributed by atoms with Gasteiger partial charge in [-0.2, -0.15) is 9.78 Å². The third-order valence-corrected chi connectivity index (χ3v) is 6.24. The molecule has 2 aromatic carbocycles. The van der Waals surface area contributed by atoms with Crippen LogP contribution in [0.5, 0.6) is 0 Å². The van der Waals surface area contributed by atoms with Gasteiger partial charge in [-0.3, -0.25) is 4.79 Å². The molecule has 5 nitrogen and oxygen atoms in total. The van der Waals surface area contributed by atoms with Crippen molar-refractivity contribution in [3.63, 3.8) is 0 Å². The maximum absolute atomic E-state index is 13.5. The summed E-state index contributed by atoms with van der Waals surface area (Å²) in [5.41, 5.74) is 3.25. The van der Waals surface area contributed by atoms with Crippen molar-refractivity contribution < 1.29 is 9.18 Å². The standard InChI is InChI=1S/C20H14ClFN4OS/c1-10-18-13(12-7-6-11(22)8-14(12)21)9-17(27)24-19(18)26(25-10)20-23-15-4-2-3-5-16(15)28-20/h2-8,13H,9H2,1H3,(H,24,27)/t13-/m0/s1. The van der Waals surface area contributed by atoms with Gasteiger partial charge in [0, 0.05) is 22.9 Å². The Morgan fingerprint density at radius 3 is 2.89 bits per heavy atom. The van der Waals surface area contributed by atoms with Crippen LogP contribution >= 0.6 is 22.9 Å². The first-order chi connectivity index (χ1) is 13.5. The molecular formula is C20H14ClFN4OS. The minimum absolute atomic E-state index is 0.139. The summed E-state index contributed by atoms with van der Waals surface area (Å²) in [4.78, 5) is 17.1. The minimum atomic E-state index is -0.406. The van der Waals surface area contributed by atoms with Crippen molar-refractivity contribution in [3.05, 3.63) is 70.1 Å². The number of aromatic nitrogens is 3. The van der Waals surface area contributed by atoms with Crippen molar-refractivity contribution in [2.45, 2.75) is 19.3 Å². The zero-order chi connectivity index (χ0) is 19.4. The fourth-order valence-electron chi connectivity index (χ4n) is 3.69. The summed E-state index contributed by atoms with van der Waals surface area (Å²) in [7, 11) is 0. The highest BCUT2D eigenvalue weighted by Crippen LogP contribution is 2.43. The lowest BCUT2D eigenvalue weighted by molar-refractivity contribution is -0.116. The van der Waals surface area contributed by atoms with Gasteiger partial charge in [0.15, 0.2) is 0 Å². The molecule has 0 saturated heterocycles. The van der Waals surface area contributed by atoms with E-state index in [1.54, 1.807) is 10.7 Å². The van der Waals surface area contributed by atoms with Crippen LogP contribution in [-0.2, 0) is 4.79 Å². The number of thiazole rings is 1. The highest BCUT2D eigenvalue weighted by atomic mass is 35.5. The van der Waals surface area contributed by atoms with Crippen molar-refractivity contribution in [1.82, 2.24) is 14.8 Å². The second-order valence-electron chi connectivity index (χ2n) is 6.69. The SMILES string of the molecule is Cc1nn(-c2nc3ccccc3s2)c2c1[C@H](c1ccc(F)cc1Cl)CC(=O)N2. The summed E-state index contributed by atoms with van der Waals surface area (Å²) in [5, 5.41) is 8.56. The first kappa shape index (κ1) is 17.3. The third kappa shape index (κ3) is 2.70. The number of nitrogens with one attached hydrogen (secondary N) is 1. The molecule has 0 unspecified atom stereocenters. The van der Waals surface area contributed by atoms with Gasteiger partial charge in [0.2, 0.25) is 11.0 Å². The molecule has 1 atom stereocenters. The molecular weight excluding hydrogens is 399 g/mol. The molecule has 0 spiro atoms. The Morgan fingerprint density at radius 2 is 2.11 bits per heavy atom. The Balaban J connectivity index is 1.69. The van der Waals surface area contributed by atoms with Crippen LogP contribution in [0.15, 0.2) is 42.5 Å². The number of carbonyl (C=O) groups is 1. The van der Waals surface area contributed by atoms with Crippen LogP contribution in [0.2, 0.25) is 5.02 Å². The lowest BCUT2D eigenvalue weighted by Gasteiger charge is -2.24. The molecule has 0 bridgehead atoms. The number of hydrogen-bond acceptors (Lipinski definition) is 4. The molecule has 5 rings (SSSR count). The van der Waals surface area contributed by atoms with E-state index in [2.05, 4.69) is 15.4 Å². The molecule has 0 fully saturated rings. The molecule has 8 heteroatoms. The van der Waals surface area contributed by atoms with Crippen LogP contribution in [0.25, 0.3) is 15.3 Å². The van der Waals surface area contributed by atoms with Crippen LogP contribution in [-0.4, -0.2) is 20.7 Å². The third-order valence-electron chi connectivity index (χ3n) is 4.90. The maximum Gasteiger partial charge on any atom is 0.226 e. The molecule has 140 valence electrons. The number of nitrogens with zero attached hydrogens (tertiary/aromatic N) is 3. The second kappa shape index (κ2) is 6.39. The molecule has 4 aromatic rings. The topological polar surface area (TPSA) is 59.8 Å². The van der Waals surface area contributed by atoms with E-state index < -0.39 is 5.82 Å². The number of anilines is 1. The highest BCUT2D eigenvalue weighted by Gasteiger charge is 2.34. The number of rotatable bonds is 2. The molecule has 0 saturated carbocycles. The Kier molecular flexibility index (Phi) is 3.96. The second-order valence-corrected chi connectivity index (χ2v) is 8.11. The van der Waals surface area contributed by atoms with Crippen LogP contribution < -0.4 is 5.32 Å². The minimum Gasteiger partial charge on any atom is -0.310 e. The molecule has 2 aromatic heterocycles. The normalized spacial score (nSPS) is 16.2. The molecule has 1 aliphatic heterocycles. The van der Waals surface area contributed by atoms with Crippen LogP contribution in [0.3, 0.4) is 0 Å². The molecule has 3 heterocycles. The van der Waals surface area contributed by atoms with E-state index in [-0.39, 0.29) is 18.2 Å². The summed E-state index contributed by atoms with van der Waals surface area (Å²) in [6.45, 7) is 1.89.